The molecule has 11 heavy (non-hydrogen) atoms. The SMILES string of the molecule is CCCN(C(=O)OC)C(C)C. The first-order valence-corrected chi connectivity index (χ1v) is 3.98. The summed E-state index contributed by atoms with van der Waals surface area (Å²) in [6, 6.07) is 0.224. The summed E-state index contributed by atoms with van der Waals surface area (Å²) >= 11 is 0. The van der Waals surface area contributed by atoms with E-state index in [0.29, 0.717) is 0 Å². The van der Waals surface area contributed by atoms with Crippen molar-refractivity contribution in [3.05, 3.63) is 0 Å². The van der Waals surface area contributed by atoms with Gasteiger partial charge in [-0.3, -0.25) is 0 Å². The average Bonchev–Trinajstić information content (AvgIpc) is 1.98. The zero-order valence-electron chi connectivity index (χ0n) is 7.76. The minimum absolute atomic E-state index is 0.224. The molecule has 0 rings (SSSR count). The van der Waals surface area contributed by atoms with Crippen molar-refractivity contribution in [3.63, 3.8) is 0 Å². The Kier molecular flexibility index (Phi) is 4.66. The van der Waals surface area contributed by atoms with Gasteiger partial charge in [-0.1, -0.05) is 6.92 Å². The van der Waals surface area contributed by atoms with E-state index in [4.69, 9.17) is 0 Å². The second-order valence-electron chi connectivity index (χ2n) is 2.76. The molecular formula is C8H17NO2. The fourth-order valence-corrected chi connectivity index (χ4v) is 0.918. The summed E-state index contributed by atoms with van der Waals surface area (Å²) in [5.41, 5.74) is 0. The predicted octanol–water partition coefficient (Wildman–Crippen LogP) is 1.87. The number of methoxy groups -OCH3 is 1. The lowest BCUT2D eigenvalue weighted by molar-refractivity contribution is 0.111. The van der Waals surface area contributed by atoms with Crippen molar-refractivity contribution < 1.29 is 9.53 Å². The van der Waals surface area contributed by atoms with Crippen LogP contribution >= 0.6 is 0 Å². The minimum Gasteiger partial charge on any atom is -0.453 e. The molecule has 0 N–H and O–H groups in total. The Morgan fingerprint density at radius 1 is 1.55 bits per heavy atom. The lowest BCUT2D eigenvalue weighted by atomic mass is 10.3. The molecule has 1 amide bonds. The maximum absolute atomic E-state index is 11.0. The van der Waals surface area contributed by atoms with Crippen LogP contribution in [0.25, 0.3) is 0 Å². The lowest BCUT2D eigenvalue weighted by Gasteiger charge is -2.24. The van der Waals surface area contributed by atoms with E-state index in [-0.39, 0.29) is 12.1 Å². The Labute approximate surface area is 68.3 Å². The quantitative estimate of drug-likeness (QED) is 0.629. The molecule has 0 radical (unpaired) electrons. The summed E-state index contributed by atoms with van der Waals surface area (Å²) < 4.78 is 4.61. The largest absolute Gasteiger partial charge is 0.453 e. The van der Waals surface area contributed by atoms with Gasteiger partial charge >= 0.3 is 6.09 Å². The molecule has 0 saturated carbocycles. The molecule has 0 heterocycles. The van der Waals surface area contributed by atoms with Gasteiger partial charge in [0.15, 0.2) is 0 Å². The molecule has 0 aliphatic rings. The Hall–Kier alpha value is -0.730. The summed E-state index contributed by atoms with van der Waals surface area (Å²) in [6.07, 6.45) is 0.731. The zero-order chi connectivity index (χ0) is 8.85. The van der Waals surface area contributed by atoms with Gasteiger partial charge in [0.25, 0.3) is 0 Å². The molecule has 0 bridgehead atoms. The molecule has 0 aliphatic carbocycles. The molecule has 0 aliphatic heterocycles. The third-order valence-electron chi connectivity index (χ3n) is 1.50. The Balaban J connectivity index is 3.98. The van der Waals surface area contributed by atoms with Gasteiger partial charge in [-0.05, 0) is 20.3 Å². The molecule has 0 aromatic heterocycles. The number of ether oxygens (including phenoxy) is 1. The normalized spacial score (nSPS) is 9.91. The Morgan fingerprint density at radius 2 is 2.09 bits per heavy atom. The van der Waals surface area contributed by atoms with E-state index < -0.39 is 0 Å². The molecule has 0 aromatic rings. The van der Waals surface area contributed by atoms with Crippen molar-refractivity contribution in [2.24, 2.45) is 0 Å². The first-order valence-electron chi connectivity index (χ1n) is 3.98. The number of amides is 1. The highest BCUT2D eigenvalue weighted by atomic mass is 16.5. The van der Waals surface area contributed by atoms with E-state index in [9.17, 15) is 4.79 Å². The van der Waals surface area contributed by atoms with Gasteiger partial charge < -0.3 is 9.64 Å². The van der Waals surface area contributed by atoms with Crippen LogP contribution in [0.5, 0.6) is 0 Å². The van der Waals surface area contributed by atoms with Crippen LogP contribution in [0.15, 0.2) is 0 Å². The second-order valence-corrected chi connectivity index (χ2v) is 2.76. The molecule has 0 fully saturated rings. The monoisotopic (exact) mass is 159 g/mol. The van der Waals surface area contributed by atoms with Crippen molar-refractivity contribution in [3.8, 4) is 0 Å². The highest BCUT2D eigenvalue weighted by molar-refractivity contribution is 5.67. The van der Waals surface area contributed by atoms with Crippen LogP contribution < -0.4 is 0 Å². The fraction of sp³-hybridized carbons (Fsp3) is 0.875. The van der Waals surface area contributed by atoms with Gasteiger partial charge in [0, 0.05) is 12.6 Å². The molecule has 3 heteroatoms. The topological polar surface area (TPSA) is 29.5 Å². The predicted molar refractivity (Wildman–Crippen MR) is 44.5 cm³/mol. The van der Waals surface area contributed by atoms with Crippen LogP contribution in [-0.2, 0) is 4.74 Å². The number of carbonyl (C=O) groups excluding carboxylic acids is 1. The third-order valence-corrected chi connectivity index (χ3v) is 1.50. The number of hydrogen-bond donors (Lipinski definition) is 0. The highest BCUT2D eigenvalue weighted by Gasteiger charge is 2.15. The Morgan fingerprint density at radius 3 is 2.36 bits per heavy atom. The van der Waals surface area contributed by atoms with E-state index in [1.54, 1.807) is 4.90 Å². The number of carbonyl (C=O) groups is 1. The van der Waals surface area contributed by atoms with Crippen molar-refractivity contribution in [2.45, 2.75) is 33.2 Å². The standard InChI is InChI=1S/C8H17NO2/c1-5-6-9(7(2)3)8(10)11-4/h7H,5-6H2,1-4H3. The maximum atomic E-state index is 11.0. The van der Waals surface area contributed by atoms with Crippen LogP contribution in [0.3, 0.4) is 0 Å². The van der Waals surface area contributed by atoms with Gasteiger partial charge in [-0.2, -0.15) is 0 Å². The summed E-state index contributed by atoms with van der Waals surface area (Å²) in [5.74, 6) is 0. The third kappa shape index (κ3) is 3.25. The molecular weight excluding hydrogens is 142 g/mol. The number of hydrogen-bond acceptors (Lipinski definition) is 2. The van der Waals surface area contributed by atoms with Crippen molar-refractivity contribution in [2.75, 3.05) is 13.7 Å². The van der Waals surface area contributed by atoms with E-state index in [0.717, 1.165) is 13.0 Å². The van der Waals surface area contributed by atoms with Gasteiger partial charge in [-0.15, -0.1) is 0 Å². The number of nitrogens with zero attached hydrogens (tertiary/aromatic N) is 1. The first-order chi connectivity index (χ1) is 5.13. The van der Waals surface area contributed by atoms with Crippen LogP contribution in [0.2, 0.25) is 0 Å². The Bertz CT molecular complexity index is 123. The van der Waals surface area contributed by atoms with E-state index in [2.05, 4.69) is 4.74 Å². The van der Waals surface area contributed by atoms with Crippen LogP contribution in [-0.4, -0.2) is 30.7 Å². The maximum Gasteiger partial charge on any atom is 0.409 e. The van der Waals surface area contributed by atoms with E-state index in [1.165, 1.54) is 7.11 Å². The average molecular weight is 159 g/mol. The lowest BCUT2D eigenvalue weighted by Crippen LogP contribution is -2.37. The minimum atomic E-state index is -0.234. The van der Waals surface area contributed by atoms with Crippen molar-refractivity contribution in [1.29, 1.82) is 0 Å². The molecule has 3 nitrogen and oxygen atoms in total. The summed E-state index contributed by atoms with van der Waals surface area (Å²) in [7, 11) is 1.41. The van der Waals surface area contributed by atoms with Gasteiger partial charge in [-0.25, -0.2) is 4.79 Å². The zero-order valence-corrected chi connectivity index (χ0v) is 7.76. The smallest absolute Gasteiger partial charge is 0.409 e. The van der Waals surface area contributed by atoms with Crippen LogP contribution in [0, 0.1) is 0 Å². The molecule has 0 spiro atoms. The molecule has 0 saturated heterocycles. The summed E-state index contributed by atoms with van der Waals surface area (Å²) in [6.45, 7) is 6.77. The van der Waals surface area contributed by atoms with E-state index >= 15 is 0 Å². The van der Waals surface area contributed by atoms with Gasteiger partial charge in [0.2, 0.25) is 0 Å². The molecule has 0 aromatic carbocycles. The van der Waals surface area contributed by atoms with E-state index in [1.807, 2.05) is 20.8 Å². The molecule has 0 atom stereocenters. The van der Waals surface area contributed by atoms with Gasteiger partial charge in [0.1, 0.15) is 0 Å². The first kappa shape index (κ1) is 10.3. The van der Waals surface area contributed by atoms with Crippen LogP contribution in [0.4, 0.5) is 4.79 Å². The highest BCUT2D eigenvalue weighted by Crippen LogP contribution is 2.01. The van der Waals surface area contributed by atoms with Crippen molar-refractivity contribution >= 4 is 6.09 Å². The summed E-state index contributed by atoms with van der Waals surface area (Å²) in [5, 5.41) is 0. The number of rotatable bonds is 3. The molecule has 0 unspecified atom stereocenters. The van der Waals surface area contributed by atoms with Crippen LogP contribution in [0.1, 0.15) is 27.2 Å². The second kappa shape index (κ2) is 4.99. The van der Waals surface area contributed by atoms with Gasteiger partial charge in [0.05, 0.1) is 7.11 Å². The van der Waals surface area contributed by atoms with Crippen molar-refractivity contribution in [1.82, 2.24) is 4.90 Å². The summed E-state index contributed by atoms with van der Waals surface area (Å²) in [4.78, 5) is 12.8. The molecule has 66 valence electrons. The fourth-order valence-electron chi connectivity index (χ4n) is 0.918.